The molecular formula is C47H53NO14. The number of nitrogens with one attached hydrogen (secondary N) is 1. The van der Waals surface area contributed by atoms with Gasteiger partial charge in [-0.2, -0.15) is 0 Å². The Kier molecular flexibility index (Phi) is 13.5. The molecule has 1 saturated heterocycles. The van der Waals surface area contributed by atoms with Crippen LogP contribution in [0.15, 0.2) is 102 Å². The summed E-state index contributed by atoms with van der Waals surface area (Å²) in [5.41, 5.74) is -3.70. The Bertz CT molecular complexity index is 2190. The van der Waals surface area contributed by atoms with Gasteiger partial charge in [0.2, 0.25) is 0 Å². The number of aliphatic hydroxyl groups excluding tert-OH is 3. The van der Waals surface area contributed by atoms with E-state index in [-0.39, 0.29) is 41.7 Å². The molecule has 330 valence electrons. The average Bonchev–Trinajstić information content (AvgIpc) is 3.24. The molecule has 15 heteroatoms. The fourth-order valence-corrected chi connectivity index (χ4v) is 9.12. The van der Waals surface area contributed by atoms with Gasteiger partial charge in [-0.15, -0.1) is 0 Å². The Morgan fingerprint density at radius 3 is 1.94 bits per heavy atom. The molecule has 3 aromatic rings. The van der Waals surface area contributed by atoms with E-state index in [1.54, 1.807) is 92.7 Å². The maximum atomic E-state index is 15.5. The van der Waals surface area contributed by atoms with E-state index < -0.39 is 107 Å². The van der Waals surface area contributed by atoms with E-state index in [1.165, 1.54) is 32.9 Å². The number of fused-ring (bicyclic) bond motifs is 1. The van der Waals surface area contributed by atoms with Crippen molar-refractivity contribution in [1.29, 1.82) is 0 Å². The molecule has 0 unspecified atom stereocenters. The van der Waals surface area contributed by atoms with Crippen molar-refractivity contribution >= 4 is 35.6 Å². The molecule has 15 nitrogen and oxygen atoms in total. The Labute approximate surface area is 359 Å². The molecule has 3 aromatic carbocycles. The first-order valence-corrected chi connectivity index (χ1v) is 20.4. The number of hydrogen-bond acceptors (Lipinski definition) is 14. The van der Waals surface area contributed by atoms with Crippen LogP contribution in [0.25, 0.3) is 0 Å². The van der Waals surface area contributed by atoms with Gasteiger partial charge < -0.3 is 44.3 Å². The predicted molar refractivity (Wildman–Crippen MR) is 220 cm³/mol. The number of ether oxygens (including phenoxy) is 5. The number of carbonyl (C=O) groups excluding carboxylic acids is 6. The number of ketones is 1. The first-order chi connectivity index (χ1) is 29.3. The Hall–Kier alpha value is -5.74. The third-order valence-electron chi connectivity index (χ3n) is 12.7. The van der Waals surface area contributed by atoms with Gasteiger partial charge in [0.1, 0.15) is 12.2 Å². The molecule has 62 heavy (non-hydrogen) atoms. The molecule has 1 aliphatic heterocycles. The van der Waals surface area contributed by atoms with Gasteiger partial charge in [-0.05, 0) is 54.8 Å². The molecule has 0 spiro atoms. The summed E-state index contributed by atoms with van der Waals surface area (Å²) < 4.78 is 29.2. The number of amides is 1. The minimum Gasteiger partial charge on any atom is -0.462 e. The molecule has 3 aliphatic rings. The molecule has 2 fully saturated rings. The second kappa shape index (κ2) is 18.3. The Morgan fingerprint density at radius 2 is 1.39 bits per heavy atom. The summed E-state index contributed by atoms with van der Waals surface area (Å²) in [6, 6.07) is 23.3. The number of hydrogen-bond donors (Lipinski definition) is 4. The predicted octanol–water partition coefficient (Wildman–Crippen LogP) is 3.98. The average molecular weight is 856 g/mol. The van der Waals surface area contributed by atoms with Crippen molar-refractivity contribution < 1.29 is 67.8 Å². The van der Waals surface area contributed by atoms with Gasteiger partial charge >= 0.3 is 23.9 Å². The fraction of sp³-hybridized carbons (Fsp3) is 0.447. The van der Waals surface area contributed by atoms with Gasteiger partial charge in [-0.25, -0.2) is 9.59 Å². The first kappa shape index (κ1) is 45.8. The Morgan fingerprint density at radius 1 is 0.806 bits per heavy atom. The monoisotopic (exact) mass is 855 g/mol. The highest BCUT2D eigenvalue weighted by molar-refractivity contribution is 5.96. The third kappa shape index (κ3) is 8.80. The molecule has 0 bridgehead atoms. The summed E-state index contributed by atoms with van der Waals surface area (Å²) in [6.07, 6.45) is -9.17. The lowest BCUT2D eigenvalue weighted by molar-refractivity contribution is -0.321. The zero-order chi connectivity index (χ0) is 45.1. The highest BCUT2D eigenvalue weighted by atomic mass is 16.6. The number of Topliss-reactive ketones (excluding diaryl/α,β-unsaturated/α-hetero) is 1. The van der Waals surface area contributed by atoms with Gasteiger partial charge in [0.15, 0.2) is 23.6 Å². The Balaban J connectivity index is 1.37. The number of carbonyl (C=O) groups is 6. The molecule has 1 amide bonds. The van der Waals surface area contributed by atoms with E-state index in [2.05, 4.69) is 5.32 Å². The van der Waals surface area contributed by atoms with Crippen molar-refractivity contribution in [3.8, 4) is 0 Å². The molecule has 10 atom stereocenters. The van der Waals surface area contributed by atoms with Crippen LogP contribution in [0.1, 0.15) is 86.7 Å². The van der Waals surface area contributed by atoms with Crippen molar-refractivity contribution in [2.24, 2.45) is 16.7 Å². The normalized spacial score (nSPS) is 27.8. The summed E-state index contributed by atoms with van der Waals surface area (Å²) in [5, 5.41) is 37.9. The van der Waals surface area contributed by atoms with Crippen LogP contribution < -0.4 is 5.32 Å². The van der Waals surface area contributed by atoms with Crippen LogP contribution in [-0.2, 0) is 42.9 Å². The smallest absolute Gasteiger partial charge is 0.338 e. The van der Waals surface area contributed by atoms with Gasteiger partial charge in [0, 0.05) is 37.7 Å². The van der Waals surface area contributed by atoms with E-state index in [1.807, 2.05) is 0 Å². The number of rotatable bonds is 14. The fourth-order valence-electron chi connectivity index (χ4n) is 9.12. The SMILES string of the molecule is CC(=O)O[C@@H](C(=O)[C@@]1(C)[C@H](COC(=O)c2ccccc2)[C@]2(OC(C)=O)CO[C@@H]2C[C@@H]1O)C1=C(C)[C@@H](OC(=O)[C@H](O)[C@@H](NC(=O)c2ccccc2)c2ccccc2)C[C@H](O)C1(C)C. The van der Waals surface area contributed by atoms with Crippen LogP contribution in [0.2, 0.25) is 0 Å². The maximum Gasteiger partial charge on any atom is 0.338 e. The van der Waals surface area contributed by atoms with Crippen LogP contribution in [0.5, 0.6) is 0 Å². The van der Waals surface area contributed by atoms with Crippen LogP contribution in [0.3, 0.4) is 0 Å². The quantitative estimate of drug-likeness (QED) is 0.102. The maximum absolute atomic E-state index is 15.5. The van der Waals surface area contributed by atoms with Gasteiger partial charge in [0.25, 0.3) is 5.91 Å². The van der Waals surface area contributed by atoms with Crippen LogP contribution in [0.4, 0.5) is 0 Å². The second-order valence-corrected chi connectivity index (χ2v) is 16.9. The van der Waals surface area contributed by atoms with Crippen molar-refractivity contribution in [2.75, 3.05) is 13.2 Å². The summed E-state index contributed by atoms with van der Waals surface area (Å²) in [6.45, 7) is 7.73. The van der Waals surface area contributed by atoms with Gasteiger partial charge in [0.05, 0.1) is 48.4 Å². The van der Waals surface area contributed by atoms with Crippen LogP contribution in [-0.4, -0.2) is 106 Å². The standard InChI is InChI=1S/C47H53NO14/c1-26-32(61-44(57)39(53)38(29-16-10-7-11-17-29)48-42(55)30-18-12-8-13-19-30)22-34(51)45(4,5)37(26)40(60-27(2)49)41(54)46(6)33(24-58-43(56)31-20-14-9-15-21-31)47(62-28(3)50)25-59-36(47)23-35(46)52/h7-21,32-36,38-40,51-53H,22-25H2,1-6H3,(H,48,55)/t32-,33-,34-,35-,36+,38-,39+,40+,46-,47+/m0/s1. The van der Waals surface area contributed by atoms with Crippen molar-refractivity contribution in [3.63, 3.8) is 0 Å². The summed E-state index contributed by atoms with van der Waals surface area (Å²) in [7, 11) is 0. The minimum atomic E-state index is -1.97. The minimum absolute atomic E-state index is 0.0581. The van der Waals surface area contributed by atoms with Crippen molar-refractivity contribution in [1.82, 2.24) is 5.32 Å². The van der Waals surface area contributed by atoms with Crippen molar-refractivity contribution in [2.45, 2.75) is 103 Å². The molecule has 6 rings (SSSR count). The molecule has 0 radical (unpaired) electrons. The van der Waals surface area contributed by atoms with E-state index in [4.69, 9.17) is 23.7 Å². The van der Waals surface area contributed by atoms with Crippen molar-refractivity contribution in [3.05, 3.63) is 119 Å². The lowest BCUT2D eigenvalue weighted by Crippen LogP contribution is -2.76. The summed E-state index contributed by atoms with van der Waals surface area (Å²) in [5.74, 6) is -6.20. The molecule has 1 heterocycles. The zero-order valence-electron chi connectivity index (χ0n) is 35.4. The lowest BCUT2D eigenvalue weighted by atomic mass is 9.53. The number of aliphatic hydroxyl groups is 3. The summed E-state index contributed by atoms with van der Waals surface area (Å²) in [4.78, 5) is 81.6. The molecular weight excluding hydrogens is 803 g/mol. The highest BCUT2D eigenvalue weighted by Crippen LogP contribution is 2.56. The number of benzene rings is 3. The van der Waals surface area contributed by atoms with E-state index >= 15 is 4.79 Å². The summed E-state index contributed by atoms with van der Waals surface area (Å²) >= 11 is 0. The van der Waals surface area contributed by atoms with E-state index in [0.717, 1.165) is 6.92 Å². The molecule has 2 aliphatic carbocycles. The largest absolute Gasteiger partial charge is 0.462 e. The van der Waals surface area contributed by atoms with Crippen LogP contribution in [0, 0.1) is 16.7 Å². The molecule has 4 N–H and O–H groups in total. The topological polar surface area (TPSA) is 221 Å². The lowest BCUT2D eigenvalue weighted by Gasteiger charge is -2.61. The molecule has 0 aromatic heterocycles. The zero-order valence-corrected chi connectivity index (χ0v) is 35.4. The highest BCUT2D eigenvalue weighted by Gasteiger charge is 2.71. The first-order valence-electron chi connectivity index (χ1n) is 20.4. The second-order valence-electron chi connectivity index (χ2n) is 16.9. The van der Waals surface area contributed by atoms with Crippen LogP contribution >= 0.6 is 0 Å². The third-order valence-corrected chi connectivity index (χ3v) is 12.7. The van der Waals surface area contributed by atoms with E-state index in [9.17, 15) is 39.3 Å². The van der Waals surface area contributed by atoms with Gasteiger partial charge in [-0.1, -0.05) is 80.6 Å². The number of esters is 4. The van der Waals surface area contributed by atoms with Gasteiger partial charge in [-0.3, -0.25) is 19.2 Å². The van der Waals surface area contributed by atoms with E-state index in [0.29, 0.717) is 5.56 Å². The molecule has 1 saturated carbocycles.